The molecule has 0 fully saturated rings. The van der Waals surface area contributed by atoms with Crippen LogP contribution in [0.2, 0.25) is 0 Å². The normalized spacial score (nSPS) is 10.0. The highest BCUT2D eigenvalue weighted by atomic mass is 32.2. The highest BCUT2D eigenvalue weighted by molar-refractivity contribution is 8.00. The van der Waals surface area contributed by atoms with E-state index in [0.29, 0.717) is 10.5 Å². The zero-order valence-electron chi connectivity index (χ0n) is 9.52. The highest BCUT2D eigenvalue weighted by Gasteiger charge is 2.12. The zero-order chi connectivity index (χ0) is 13.0. The van der Waals surface area contributed by atoms with Gasteiger partial charge >= 0.3 is 11.9 Å². The fourth-order valence-electron chi connectivity index (χ4n) is 1.23. The lowest BCUT2D eigenvalue weighted by Gasteiger charge is -2.08. The molecule has 5 nitrogen and oxygen atoms in total. The molecule has 0 spiro atoms. The predicted octanol–water partition coefficient (Wildman–Crippen LogP) is 1.54. The number of carbonyl (C=O) groups excluding carboxylic acids is 1. The molecule has 0 aromatic heterocycles. The second kappa shape index (κ2) is 5.58. The van der Waals surface area contributed by atoms with Crippen molar-refractivity contribution in [2.45, 2.75) is 11.8 Å². The molecule has 0 aliphatic carbocycles. The van der Waals surface area contributed by atoms with Crippen LogP contribution in [0.5, 0.6) is 0 Å². The van der Waals surface area contributed by atoms with Gasteiger partial charge in [-0.15, -0.1) is 11.8 Å². The van der Waals surface area contributed by atoms with Gasteiger partial charge in [-0.1, -0.05) is 0 Å². The van der Waals surface area contributed by atoms with Gasteiger partial charge in [0.05, 0.1) is 18.4 Å². The summed E-state index contributed by atoms with van der Waals surface area (Å²) >= 11 is 1.21. The third kappa shape index (κ3) is 3.39. The fourth-order valence-corrected chi connectivity index (χ4v) is 2.09. The molecule has 3 N–H and O–H groups in total. The van der Waals surface area contributed by atoms with Gasteiger partial charge in [0.25, 0.3) is 0 Å². The van der Waals surface area contributed by atoms with Gasteiger partial charge in [0, 0.05) is 10.6 Å². The number of esters is 1. The number of hydrogen-bond acceptors (Lipinski definition) is 5. The number of methoxy groups -OCH3 is 1. The van der Waals surface area contributed by atoms with Crippen LogP contribution in [0.25, 0.3) is 0 Å². The predicted molar refractivity (Wildman–Crippen MR) is 65.3 cm³/mol. The van der Waals surface area contributed by atoms with Gasteiger partial charge in [-0.3, -0.25) is 4.79 Å². The average molecular weight is 255 g/mol. The lowest BCUT2D eigenvalue weighted by Crippen LogP contribution is -2.06. The topological polar surface area (TPSA) is 89.6 Å². The first-order chi connectivity index (χ1) is 7.95. The van der Waals surface area contributed by atoms with Crippen LogP contribution in [0.1, 0.15) is 15.9 Å². The Hall–Kier alpha value is -1.69. The van der Waals surface area contributed by atoms with Crippen molar-refractivity contribution in [1.29, 1.82) is 0 Å². The van der Waals surface area contributed by atoms with Crippen LogP contribution >= 0.6 is 11.8 Å². The number of nitrogens with two attached hydrogens (primary N) is 1. The minimum absolute atomic E-state index is 0.0531. The Labute approximate surface area is 103 Å². The van der Waals surface area contributed by atoms with Gasteiger partial charge in [0.15, 0.2) is 0 Å². The van der Waals surface area contributed by atoms with E-state index in [1.165, 1.54) is 24.9 Å². The Morgan fingerprint density at radius 3 is 2.65 bits per heavy atom. The van der Waals surface area contributed by atoms with E-state index in [2.05, 4.69) is 4.74 Å². The summed E-state index contributed by atoms with van der Waals surface area (Å²) in [7, 11) is 1.31. The van der Waals surface area contributed by atoms with E-state index >= 15 is 0 Å². The Kier molecular flexibility index (Phi) is 4.39. The summed E-state index contributed by atoms with van der Waals surface area (Å²) in [6.07, 6.45) is 0. The summed E-state index contributed by atoms with van der Waals surface area (Å²) in [6, 6.07) is 3.20. The van der Waals surface area contributed by atoms with E-state index in [1.807, 2.05) is 0 Å². The third-order valence-corrected chi connectivity index (χ3v) is 3.12. The monoisotopic (exact) mass is 255 g/mol. The first-order valence-electron chi connectivity index (χ1n) is 4.78. The Morgan fingerprint density at radius 1 is 1.47 bits per heavy atom. The number of ether oxygens (including phenoxy) is 1. The first kappa shape index (κ1) is 13.4. The second-order valence-electron chi connectivity index (χ2n) is 3.37. The molecular formula is C11H13NO4S. The highest BCUT2D eigenvalue weighted by Crippen LogP contribution is 2.26. The molecule has 1 rings (SSSR count). The SMILES string of the molecule is COC(=O)CSc1cc(C)c(N)c(C(=O)O)c1. The largest absolute Gasteiger partial charge is 0.478 e. The second-order valence-corrected chi connectivity index (χ2v) is 4.42. The van der Waals surface area contributed by atoms with Gasteiger partial charge < -0.3 is 15.6 Å². The van der Waals surface area contributed by atoms with Crippen LogP contribution in [0.3, 0.4) is 0 Å². The summed E-state index contributed by atoms with van der Waals surface area (Å²) < 4.78 is 4.50. The van der Waals surface area contributed by atoms with Crippen molar-refractivity contribution in [3.63, 3.8) is 0 Å². The summed E-state index contributed by atoms with van der Waals surface area (Å²) in [5, 5.41) is 8.96. The molecule has 0 heterocycles. The lowest BCUT2D eigenvalue weighted by molar-refractivity contribution is -0.137. The standard InChI is InChI=1S/C11H13NO4S/c1-6-3-7(17-5-9(13)16-2)4-8(10(6)12)11(14)15/h3-4H,5,12H2,1-2H3,(H,14,15). The number of benzene rings is 1. The molecule has 0 atom stereocenters. The maximum absolute atomic E-state index is 11.0. The van der Waals surface area contributed by atoms with Crippen LogP contribution in [-0.2, 0) is 9.53 Å². The molecule has 1 aromatic rings. The van der Waals surface area contributed by atoms with Gasteiger partial charge in [-0.2, -0.15) is 0 Å². The van der Waals surface area contributed by atoms with Crippen molar-refractivity contribution >= 4 is 29.4 Å². The third-order valence-electron chi connectivity index (χ3n) is 2.18. The van der Waals surface area contributed by atoms with Crippen LogP contribution in [0, 0.1) is 6.92 Å². The number of carboxylic acid groups (broad SMARTS) is 1. The van der Waals surface area contributed by atoms with E-state index < -0.39 is 5.97 Å². The molecule has 0 saturated heterocycles. The Balaban J connectivity index is 2.95. The van der Waals surface area contributed by atoms with Gasteiger partial charge in [0.1, 0.15) is 0 Å². The molecule has 0 amide bonds. The van der Waals surface area contributed by atoms with Gasteiger partial charge in [0.2, 0.25) is 0 Å². The zero-order valence-corrected chi connectivity index (χ0v) is 10.3. The molecule has 17 heavy (non-hydrogen) atoms. The van der Waals surface area contributed by atoms with E-state index in [-0.39, 0.29) is 23.0 Å². The summed E-state index contributed by atoms with van der Waals surface area (Å²) in [5.74, 6) is -1.30. The quantitative estimate of drug-likeness (QED) is 0.482. The maximum atomic E-state index is 11.0. The minimum atomic E-state index is -1.08. The summed E-state index contributed by atoms with van der Waals surface area (Å²) in [6.45, 7) is 1.73. The fraction of sp³-hybridized carbons (Fsp3) is 0.273. The minimum Gasteiger partial charge on any atom is -0.478 e. The first-order valence-corrected chi connectivity index (χ1v) is 5.77. The number of carboxylic acids is 1. The number of nitrogen functional groups attached to an aromatic ring is 1. The molecular weight excluding hydrogens is 242 g/mol. The van der Waals surface area contributed by atoms with Crippen LogP contribution in [-0.4, -0.2) is 29.9 Å². The molecule has 0 unspecified atom stereocenters. The number of carbonyl (C=O) groups is 2. The number of thioether (sulfide) groups is 1. The van der Waals surface area contributed by atoms with E-state index in [1.54, 1.807) is 13.0 Å². The van der Waals surface area contributed by atoms with Crippen LogP contribution in [0.4, 0.5) is 5.69 Å². The van der Waals surface area contributed by atoms with Crippen LogP contribution in [0.15, 0.2) is 17.0 Å². The number of aromatic carboxylic acids is 1. The van der Waals surface area contributed by atoms with Crippen LogP contribution < -0.4 is 5.73 Å². The average Bonchev–Trinajstić information content (AvgIpc) is 2.29. The van der Waals surface area contributed by atoms with E-state index in [0.717, 1.165) is 0 Å². The molecule has 0 bridgehead atoms. The molecule has 0 aliphatic heterocycles. The van der Waals surface area contributed by atoms with Gasteiger partial charge in [-0.05, 0) is 24.6 Å². The summed E-state index contributed by atoms with van der Waals surface area (Å²) in [4.78, 5) is 22.6. The molecule has 92 valence electrons. The number of aryl methyl sites for hydroxylation is 1. The van der Waals surface area contributed by atoms with Crippen molar-refractivity contribution in [1.82, 2.24) is 0 Å². The molecule has 0 aliphatic rings. The van der Waals surface area contributed by atoms with E-state index in [4.69, 9.17) is 10.8 Å². The van der Waals surface area contributed by atoms with Crippen molar-refractivity contribution in [3.05, 3.63) is 23.3 Å². The number of rotatable bonds is 4. The molecule has 6 heteroatoms. The van der Waals surface area contributed by atoms with Crippen molar-refractivity contribution in [2.24, 2.45) is 0 Å². The Bertz CT molecular complexity index is 459. The molecule has 0 radical (unpaired) electrons. The van der Waals surface area contributed by atoms with E-state index in [9.17, 15) is 9.59 Å². The lowest BCUT2D eigenvalue weighted by atomic mass is 10.1. The molecule has 1 aromatic carbocycles. The van der Waals surface area contributed by atoms with Gasteiger partial charge in [-0.25, -0.2) is 4.79 Å². The van der Waals surface area contributed by atoms with Crippen molar-refractivity contribution in [2.75, 3.05) is 18.6 Å². The van der Waals surface area contributed by atoms with Crippen molar-refractivity contribution < 1.29 is 19.4 Å². The smallest absolute Gasteiger partial charge is 0.337 e. The maximum Gasteiger partial charge on any atom is 0.337 e. The molecule has 0 saturated carbocycles. The number of anilines is 1. The Morgan fingerprint density at radius 2 is 2.12 bits per heavy atom. The van der Waals surface area contributed by atoms with Crippen molar-refractivity contribution in [3.8, 4) is 0 Å². The summed E-state index contributed by atoms with van der Waals surface area (Å²) in [5.41, 5.74) is 6.63. The number of hydrogen-bond donors (Lipinski definition) is 2.